The zero-order valence-electron chi connectivity index (χ0n) is 12.8. The number of nitrogens with two attached hydrogens (primary N) is 1. The maximum atomic E-state index is 12.3. The molecule has 2 rings (SSSR count). The molecule has 2 atom stereocenters. The first-order valence-corrected chi connectivity index (χ1v) is 8.22. The second-order valence-corrected chi connectivity index (χ2v) is 6.65. The van der Waals surface area contributed by atoms with Crippen molar-refractivity contribution in [2.45, 2.75) is 45.2 Å². The number of anilines is 1. The van der Waals surface area contributed by atoms with Crippen LogP contribution in [0.2, 0.25) is 0 Å². The molecule has 0 spiro atoms. The third kappa shape index (κ3) is 3.80. The molecule has 6 heteroatoms. The Hall–Kier alpha value is -1.56. The molecule has 1 aromatic rings. The quantitative estimate of drug-likeness (QED) is 0.657. The van der Waals surface area contributed by atoms with E-state index in [9.17, 15) is 9.59 Å². The molecule has 1 aliphatic rings. The number of carbonyl (C=O) groups is 2. The summed E-state index contributed by atoms with van der Waals surface area (Å²) in [7, 11) is 0. The molecule has 1 amide bonds. The minimum absolute atomic E-state index is 0.151. The van der Waals surface area contributed by atoms with Crippen LogP contribution in [0.1, 0.15) is 43.5 Å². The van der Waals surface area contributed by atoms with Crippen molar-refractivity contribution in [3.63, 3.8) is 0 Å². The van der Waals surface area contributed by atoms with E-state index in [1.807, 2.05) is 18.7 Å². The molecule has 0 radical (unpaired) electrons. The number of nitrogens with zero attached hydrogens (tertiary/aromatic N) is 1. The van der Waals surface area contributed by atoms with Gasteiger partial charge in [0.15, 0.2) is 6.61 Å². The van der Waals surface area contributed by atoms with Gasteiger partial charge in [0.1, 0.15) is 0 Å². The number of amides is 1. The molecule has 2 N–H and O–H groups in total. The van der Waals surface area contributed by atoms with Crippen molar-refractivity contribution in [3.8, 4) is 0 Å². The lowest BCUT2D eigenvalue weighted by molar-refractivity contribution is -0.140. The van der Waals surface area contributed by atoms with Crippen LogP contribution in [0.25, 0.3) is 0 Å². The van der Waals surface area contributed by atoms with E-state index in [0.717, 1.165) is 23.7 Å². The molecule has 120 valence electrons. The van der Waals surface area contributed by atoms with Crippen LogP contribution in [0.4, 0.5) is 5.69 Å². The van der Waals surface area contributed by atoms with Gasteiger partial charge in [0, 0.05) is 22.2 Å². The SMILES string of the molecule is C[C@@H]1CCC[C@@H](C)N1C(=O)COC(=O)c1cc(Br)ccc1N. The number of rotatable bonds is 3. The van der Waals surface area contributed by atoms with Gasteiger partial charge in [-0.15, -0.1) is 0 Å². The average molecular weight is 369 g/mol. The van der Waals surface area contributed by atoms with Crippen LogP contribution in [0.15, 0.2) is 22.7 Å². The number of benzene rings is 1. The van der Waals surface area contributed by atoms with Gasteiger partial charge in [-0.1, -0.05) is 15.9 Å². The Balaban J connectivity index is 1.98. The van der Waals surface area contributed by atoms with Gasteiger partial charge in [-0.25, -0.2) is 4.79 Å². The number of carbonyl (C=O) groups excluding carboxylic acids is 2. The number of halogens is 1. The van der Waals surface area contributed by atoms with Crippen molar-refractivity contribution >= 4 is 33.5 Å². The highest BCUT2D eigenvalue weighted by Gasteiger charge is 2.29. The van der Waals surface area contributed by atoms with Gasteiger partial charge < -0.3 is 15.4 Å². The number of hydrogen-bond acceptors (Lipinski definition) is 4. The van der Waals surface area contributed by atoms with Crippen LogP contribution in [0.3, 0.4) is 0 Å². The van der Waals surface area contributed by atoms with Gasteiger partial charge in [0.2, 0.25) is 0 Å². The Kier molecular flexibility index (Phi) is 5.45. The summed E-state index contributed by atoms with van der Waals surface area (Å²) in [6.45, 7) is 3.81. The lowest BCUT2D eigenvalue weighted by atomic mass is 9.97. The maximum absolute atomic E-state index is 12.3. The third-order valence-corrected chi connectivity index (χ3v) is 4.54. The van der Waals surface area contributed by atoms with E-state index in [0.29, 0.717) is 5.69 Å². The molecule has 0 aliphatic carbocycles. The molecular formula is C16H21BrN2O3. The van der Waals surface area contributed by atoms with E-state index < -0.39 is 5.97 Å². The monoisotopic (exact) mass is 368 g/mol. The molecule has 22 heavy (non-hydrogen) atoms. The summed E-state index contributed by atoms with van der Waals surface area (Å²) in [5.74, 6) is -0.730. The molecule has 1 heterocycles. The standard InChI is InChI=1S/C16H21BrN2O3/c1-10-4-3-5-11(2)19(10)15(20)9-22-16(21)13-8-12(17)6-7-14(13)18/h6-8,10-11H,3-5,9,18H2,1-2H3/t10-,11-/m1/s1. The number of nitrogen functional groups attached to an aromatic ring is 1. The summed E-state index contributed by atoms with van der Waals surface area (Å²) >= 11 is 3.28. The Morgan fingerprint density at radius 3 is 2.59 bits per heavy atom. The molecule has 1 aliphatic heterocycles. The molecular weight excluding hydrogens is 348 g/mol. The van der Waals surface area contributed by atoms with Gasteiger partial charge in [-0.05, 0) is 51.3 Å². The fourth-order valence-electron chi connectivity index (χ4n) is 2.90. The number of ether oxygens (including phenoxy) is 1. The molecule has 1 fully saturated rings. The van der Waals surface area contributed by atoms with Crippen molar-refractivity contribution in [1.29, 1.82) is 0 Å². The first-order valence-electron chi connectivity index (χ1n) is 7.43. The van der Waals surface area contributed by atoms with Crippen molar-refractivity contribution in [2.75, 3.05) is 12.3 Å². The van der Waals surface area contributed by atoms with E-state index in [4.69, 9.17) is 10.5 Å². The molecule has 5 nitrogen and oxygen atoms in total. The predicted molar refractivity (Wildman–Crippen MR) is 88.5 cm³/mol. The van der Waals surface area contributed by atoms with Crippen LogP contribution >= 0.6 is 15.9 Å². The van der Waals surface area contributed by atoms with E-state index >= 15 is 0 Å². The summed E-state index contributed by atoms with van der Waals surface area (Å²) in [5, 5.41) is 0. The average Bonchev–Trinajstić information content (AvgIpc) is 2.47. The lowest BCUT2D eigenvalue weighted by Crippen LogP contribution is -2.49. The van der Waals surface area contributed by atoms with E-state index in [-0.39, 0.29) is 30.2 Å². The molecule has 0 saturated carbocycles. The predicted octanol–water partition coefficient (Wildman–Crippen LogP) is 2.98. The zero-order valence-corrected chi connectivity index (χ0v) is 14.4. The maximum Gasteiger partial charge on any atom is 0.340 e. The van der Waals surface area contributed by atoms with Crippen LogP contribution in [-0.2, 0) is 9.53 Å². The van der Waals surface area contributed by atoms with E-state index in [1.165, 1.54) is 0 Å². The van der Waals surface area contributed by atoms with Gasteiger partial charge in [-0.3, -0.25) is 4.79 Å². The summed E-state index contributed by atoms with van der Waals surface area (Å²) in [5.41, 5.74) is 6.37. The number of hydrogen-bond donors (Lipinski definition) is 1. The van der Waals surface area contributed by atoms with Gasteiger partial charge >= 0.3 is 5.97 Å². The normalized spacial score (nSPS) is 21.5. The zero-order chi connectivity index (χ0) is 16.3. The van der Waals surface area contributed by atoms with Gasteiger partial charge in [0.05, 0.1) is 5.56 Å². The Morgan fingerprint density at radius 1 is 1.32 bits per heavy atom. The number of piperidine rings is 1. The molecule has 1 saturated heterocycles. The van der Waals surface area contributed by atoms with E-state index in [1.54, 1.807) is 18.2 Å². The molecule has 0 bridgehead atoms. The fraction of sp³-hybridized carbons (Fsp3) is 0.500. The van der Waals surface area contributed by atoms with Gasteiger partial charge in [0.25, 0.3) is 5.91 Å². The smallest absolute Gasteiger partial charge is 0.340 e. The van der Waals surface area contributed by atoms with Crippen molar-refractivity contribution in [3.05, 3.63) is 28.2 Å². The minimum Gasteiger partial charge on any atom is -0.452 e. The lowest BCUT2D eigenvalue weighted by Gasteiger charge is -2.38. The topological polar surface area (TPSA) is 72.6 Å². The van der Waals surface area contributed by atoms with Gasteiger partial charge in [-0.2, -0.15) is 0 Å². The van der Waals surface area contributed by atoms with Crippen LogP contribution < -0.4 is 5.73 Å². The Morgan fingerprint density at radius 2 is 1.95 bits per heavy atom. The van der Waals surface area contributed by atoms with Crippen molar-refractivity contribution in [1.82, 2.24) is 4.90 Å². The summed E-state index contributed by atoms with van der Waals surface area (Å²) in [6, 6.07) is 5.33. The minimum atomic E-state index is -0.579. The number of esters is 1. The van der Waals surface area contributed by atoms with Crippen molar-refractivity contribution in [2.24, 2.45) is 0 Å². The Bertz CT molecular complexity index is 567. The van der Waals surface area contributed by atoms with Crippen LogP contribution in [-0.4, -0.2) is 35.5 Å². The summed E-state index contributed by atoms with van der Waals surface area (Å²) in [6.07, 6.45) is 3.10. The number of likely N-dealkylation sites (tertiary alicyclic amines) is 1. The third-order valence-electron chi connectivity index (χ3n) is 4.04. The Labute approximate surface area is 138 Å². The van der Waals surface area contributed by atoms with Crippen molar-refractivity contribution < 1.29 is 14.3 Å². The highest BCUT2D eigenvalue weighted by atomic mass is 79.9. The largest absolute Gasteiger partial charge is 0.452 e. The summed E-state index contributed by atoms with van der Waals surface area (Å²) < 4.78 is 5.88. The second kappa shape index (κ2) is 7.13. The molecule has 0 aromatic heterocycles. The first kappa shape index (κ1) is 16.8. The summed E-state index contributed by atoms with van der Waals surface area (Å²) in [4.78, 5) is 26.2. The van der Waals surface area contributed by atoms with E-state index in [2.05, 4.69) is 15.9 Å². The van der Waals surface area contributed by atoms with Crippen LogP contribution in [0.5, 0.6) is 0 Å². The first-order chi connectivity index (χ1) is 10.4. The van der Waals surface area contributed by atoms with Crippen LogP contribution in [0, 0.1) is 0 Å². The fourth-order valence-corrected chi connectivity index (χ4v) is 3.26. The second-order valence-electron chi connectivity index (χ2n) is 5.74. The highest BCUT2D eigenvalue weighted by Crippen LogP contribution is 2.23. The molecule has 1 aromatic carbocycles. The highest BCUT2D eigenvalue weighted by molar-refractivity contribution is 9.10. The molecule has 0 unspecified atom stereocenters.